The van der Waals surface area contributed by atoms with Crippen LogP contribution in [-0.4, -0.2) is 71.9 Å². The summed E-state index contributed by atoms with van der Waals surface area (Å²) in [5.41, 5.74) is 6.90. The number of hydrogen-bond acceptors (Lipinski definition) is 9. The van der Waals surface area contributed by atoms with Crippen LogP contribution in [0, 0.1) is 9.49 Å². The maximum absolute atomic E-state index is 13.2. The van der Waals surface area contributed by atoms with Crippen molar-refractivity contribution in [1.29, 1.82) is 0 Å². The number of aliphatic hydroxyl groups is 1. The van der Waals surface area contributed by atoms with E-state index in [0.29, 0.717) is 16.7 Å². The number of phenolic OH excluding ortho intramolecular Hbond substituents is 2. The van der Waals surface area contributed by atoms with Crippen molar-refractivity contribution in [2.24, 2.45) is 11.7 Å². The Labute approximate surface area is 293 Å². The van der Waals surface area contributed by atoms with Gasteiger partial charge in [-0.3, -0.25) is 9.59 Å². The molecule has 0 aliphatic carbocycles. The number of methoxy groups -OCH3 is 2. The van der Waals surface area contributed by atoms with Gasteiger partial charge in [0, 0.05) is 46.5 Å². The number of nitrogens with one attached hydrogen (secondary N) is 2. The predicted octanol–water partition coefficient (Wildman–Crippen LogP) is 5.64. The number of aromatic hydroxyl groups is 2. The Kier molecular flexibility index (Phi) is 13.8. The lowest BCUT2D eigenvalue weighted by molar-refractivity contribution is -0.112. The lowest BCUT2D eigenvalue weighted by Crippen LogP contribution is -2.36. The summed E-state index contributed by atoms with van der Waals surface area (Å²) < 4.78 is 17.5. The molecule has 3 rings (SSSR count). The van der Waals surface area contributed by atoms with Gasteiger partial charge >= 0.3 is 6.09 Å². The Morgan fingerprint density at radius 2 is 1.75 bits per heavy atom. The molecule has 48 heavy (non-hydrogen) atoms. The van der Waals surface area contributed by atoms with Crippen LogP contribution >= 0.6 is 22.6 Å². The normalized spacial score (nSPS) is 22.5. The predicted molar refractivity (Wildman–Crippen MR) is 192 cm³/mol. The van der Waals surface area contributed by atoms with Crippen LogP contribution in [0.4, 0.5) is 16.2 Å². The molecular weight excluding hydrogens is 731 g/mol. The molecule has 0 radical (unpaired) electrons. The van der Waals surface area contributed by atoms with Gasteiger partial charge in [-0.05, 0) is 85.7 Å². The monoisotopic (exact) mass is 773 g/mol. The van der Waals surface area contributed by atoms with Crippen LogP contribution in [0.1, 0.15) is 50.0 Å². The summed E-state index contributed by atoms with van der Waals surface area (Å²) in [6.45, 7) is 6.76. The zero-order valence-electron chi connectivity index (χ0n) is 27.6. The van der Waals surface area contributed by atoms with Crippen molar-refractivity contribution < 1.29 is 43.9 Å². The highest BCUT2D eigenvalue weighted by molar-refractivity contribution is 14.1. The van der Waals surface area contributed by atoms with Crippen molar-refractivity contribution in [3.05, 3.63) is 86.1 Å². The molecule has 2 aromatic carbocycles. The summed E-state index contributed by atoms with van der Waals surface area (Å²) in [6.07, 6.45) is 3.50. The molecule has 1 aliphatic rings. The molecule has 1 heterocycles. The molecule has 0 saturated heterocycles. The van der Waals surface area contributed by atoms with E-state index >= 15 is 0 Å². The van der Waals surface area contributed by atoms with Crippen molar-refractivity contribution in [2.45, 2.75) is 58.5 Å². The molecule has 0 fully saturated rings. The van der Waals surface area contributed by atoms with Crippen molar-refractivity contribution >= 4 is 57.9 Å². The number of allylic oxidation sites excluding steroid dienone is 2. The molecule has 13 heteroatoms. The van der Waals surface area contributed by atoms with Gasteiger partial charge in [0.2, 0.25) is 0 Å². The van der Waals surface area contributed by atoms with Crippen LogP contribution in [0.15, 0.2) is 71.4 Å². The number of carbonyl (C=O) groups excluding carboxylic acids is 3. The number of benzene rings is 2. The summed E-state index contributed by atoms with van der Waals surface area (Å²) in [5.74, 6) is -2.45. The summed E-state index contributed by atoms with van der Waals surface area (Å²) in [5, 5.41) is 39.2. The number of amides is 3. The van der Waals surface area contributed by atoms with E-state index in [1.807, 2.05) is 0 Å². The zero-order chi connectivity index (χ0) is 35.7. The third-order valence-electron chi connectivity index (χ3n) is 7.84. The molecule has 7 N–H and O–H groups in total. The maximum Gasteiger partial charge on any atom is 0.405 e. The number of ether oxygens (including phenoxy) is 3. The standard InChI is InChI=1S/C35H42IN3O9/c1-18-14-24-29(39-34(44)22-10-12-23(36)13-11-22)26(40)17-25(31(24)42)38-33(43)19(2)8-7-9-27(46-5)32(48-35(37)45)21(4)16-20(3)30(41)28(15-18)47-6/h7-14,16-17,20,27-28,30,32,40-42H,15H2,1-6H3,(H2,37,45)(H,38,43)(H,39,44)/t20-,27-,28-,30+,32-/m0/s1/i36-2. The molecular formula is C35H42IN3O9. The molecule has 12 nitrogen and oxygen atoms in total. The molecule has 1 aliphatic heterocycles. The second-order valence-electron chi connectivity index (χ2n) is 11.5. The van der Waals surface area contributed by atoms with Crippen molar-refractivity contribution in [2.75, 3.05) is 24.9 Å². The van der Waals surface area contributed by atoms with Gasteiger partial charge in [0.05, 0.1) is 23.6 Å². The first-order valence-corrected chi connectivity index (χ1v) is 16.1. The van der Waals surface area contributed by atoms with Crippen molar-refractivity contribution in [1.82, 2.24) is 0 Å². The molecule has 2 bridgehead atoms. The van der Waals surface area contributed by atoms with E-state index in [9.17, 15) is 29.7 Å². The number of halogens is 1. The van der Waals surface area contributed by atoms with Gasteiger partial charge in [-0.25, -0.2) is 4.79 Å². The van der Waals surface area contributed by atoms with Crippen molar-refractivity contribution in [3.8, 4) is 11.5 Å². The molecule has 0 saturated carbocycles. The van der Waals surface area contributed by atoms with Gasteiger partial charge in [0.15, 0.2) is 6.10 Å². The third-order valence-corrected chi connectivity index (χ3v) is 8.56. The lowest BCUT2D eigenvalue weighted by Gasteiger charge is -2.28. The van der Waals surface area contributed by atoms with E-state index in [1.165, 1.54) is 33.3 Å². The average Bonchev–Trinajstić information content (AvgIpc) is 3.04. The topological polar surface area (TPSA) is 190 Å². The number of hydrogen-bond donors (Lipinski definition) is 6. The summed E-state index contributed by atoms with van der Waals surface area (Å²) >= 11 is 2.12. The molecule has 0 aromatic heterocycles. The Morgan fingerprint density at radius 1 is 1.08 bits per heavy atom. The van der Waals surface area contributed by atoms with Crippen LogP contribution < -0.4 is 16.4 Å². The van der Waals surface area contributed by atoms with Crippen molar-refractivity contribution in [3.63, 3.8) is 0 Å². The summed E-state index contributed by atoms with van der Waals surface area (Å²) in [6, 6.07) is 7.92. The number of aliphatic hydroxyl groups excluding tert-OH is 1. The minimum atomic E-state index is -1.04. The molecule has 5 atom stereocenters. The van der Waals surface area contributed by atoms with E-state index in [0.717, 1.165) is 9.64 Å². The molecule has 0 unspecified atom stereocenters. The van der Waals surface area contributed by atoms with Gasteiger partial charge in [-0.1, -0.05) is 36.8 Å². The second kappa shape index (κ2) is 17.3. The van der Waals surface area contributed by atoms with E-state index in [4.69, 9.17) is 19.9 Å². The van der Waals surface area contributed by atoms with Crippen LogP contribution in [-0.2, 0) is 19.0 Å². The van der Waals surface area contributed by atoms with Crippen LogP contribution in [0.2, 0.25) is 0 Å². The Hall–Kier alpha value is -4.18. The smallest absolute Gasteiger partial charge is 0.405 e. The van der Waals surface area contributed by atoms with Gasteiger partial charge < -0.3 is 45.9 Å². The first-order chi connectivity index (χ1) is 22.7. The lowest BCUT2D eigenvalue weighted by atomic mass is 9.91. The quantitative estimate of drug-likeness (QED) is 0.0967. The van der Waals surface area contributed by atoms with Gasteiger partial charge in [0.25, 0.3) is 11.8 Å². The highest BCUT2D eigenvalue weighted by atomic mass is 125. The van der Waals surface area contributed by atoms with E-state index in [2.05, 4.69) is 33.2 Å². The highest BCUT2D eigenvalue weighted by Gasteiger charge is 2.29. The van der Waals surface area contributed by atoms with Crippen LogP contribution in [0.25, 0.3) is 6.08 Å². The zero-order valence-corrected chi connectivity index (χ0v) is 29.8. The van der Waals surface area contributed by atoms with Gasteiger partial charge in [0.1, 0.15) is 17.6 Å². The Bertz CT molecular complexity index is 1630. The SMILES string of the molecule is CO[C@H]1C=CC=C(C)C(=O)Nc2cc(O)c(NC(=O)c3ccc([125I])cc3)c(c2O)C=C(C)C[C@H](OC)[C@H](O)[C@@H](C)C=C(C)[C@@H]1OC(N)=O. The fourth-order valence-electron chi connectivity index (χ4n) is 5.20. The number of fused-ring (bicyclic) bond motifs is 2. The first-order valence-electron chi connectivity index (χ1n) is 15.0. The Morgan fingerprint density at radius 3 is 2.35 bits per heavy atom. The fourth-order valence-corrected chi connectivity index (χ4v) is 5.56. The van der Waals surface area contributed by atoms with E-state index < -0.39 is 59.7 Å². The van der Waals surface area contributed by atoms with Crippen LogP contribution in [0.3, 0.4) is 0 Å². The third kappa shape index (κ3) is 9.92. The van der Waals surface area contributed by atoms with Gasteiger partial charge in [-0.15, -0.1) is 0 Å². The van der Waals surface area contributed by atoms with E-state index in [1.54, 1.807) is 63.3 Å². The minimum Gasteiger partial charge on any atom is -0.506 e. The largest absolute Gasteiger partial charge is 0.506 e. The number of nitrogens with two attached hydrogens (primary N) is 1. The molecule has 3 amide bonds. The molecule has 258 valence electrons. The minimum absolute atomic E-state index is 0.0311. The first kappa shape index (κ1) is 38.3. The van der Waals surface area contributed by atoms with Gasteiger partial charge in [-0.2, -0.15) is 0 Å². The number of rotatable bonds is 5. The van der Waals surface area contributed by atoms with Crippen LogP contribution in [0.5, 0.6) is 11.5 Å². The molecule has 2 aromatic rings. The number of carbonyl (C=O) groups is 3. The van der Waals surface area contributed by atoms with E-state index in [-0.39, 0.29) is 28.9 Å². The average molecular weight is 774 g/mol. The second-order valence-corrected chi connectivity index (χ2v) is 12.8. The number of phenols is 2. The summed E-state index contributed by atoms with van der Waals surface area (Å²) in [7, 11) is 2.87. The highest BCUT2D eigenvalue weighted by Crippen LogP contribution is 2.42. The Balaban J connectivity index is 2.18. The number of primary amides is 1. The molecule has 0 spiro atoms. The summed E-state index contributed by atoms with van der Waals surface area (Å²) in [4.78, 5) is 38.1. The fraction of sp³-hybridized carbons (Fsp3) is 0.343. The maximum atomic E-state index is 13.2. The number of anilines is 2.